The van der Waals surface area contributed by atoms with Crippen LogP contribution in [0, 0.1) is 0 Å². The number of carbonyl (C=O) groups is 1. The summed E-state index contributed by atoms with van der Waals surface area (Å²) in [6.45, 7) is 6.19. The van der Waals surface area contributed by atoms with Crippen LogP contribution in [0.2, 0.25) is 0 Å². The van der Waals surface area contributed by atoms with Gasteiger partial charge >= 0.3 is 0 Å². The molecule has 1 amide bonds. The number of nitrogens with zero attached hydrogens (tertiary/aromatic N) is 2. The first kappa shape index (κ1) is 24.0. The van der Waals surface area contributed by atoms with Crippen molar-refractivity contribution in [3.8, 4) is 11.6 Å². The van der Waals surface area contributed by atoms with Gasteiger partial charge in [-0.05, 0) is 47.4 Å². The normalized spacial score (nSPS) is 11.5. The van der Waals surface area contributed by atoms with Gasteiger partial charge < -0.3 is 14.8 Å². The Morgan fingerprint density at radius 2 is 1.67 bits per heavy atom. The van der Waals surface area contributed by atoms with Crippen molar-refractivity contribution < 1.29 is 22.7 Å². The third-order valence-corrected chi connectivity index (χ3v) is 6.00. The summed E-state index contributed by atoms with van der Waals surface area (Å²) in [6.07, 6.45) is 1.19. The molecule has 0 aliphatic heterocycles. The number of methoxy groups -OCH3 is 1. The van der Waals surface area contributed by atoms with Crippen molar-refractivity contribution in [1.29, 1.82) is 0 Å². The Balaban J connectivity index is 1.56. The van der Waals surface area contributed by atoms with Crippen LogP contribution in [0.3, 0.4) is 0 Å². The van der Waals surface area contributed by atoms with Gasteiger partial charge in [0.05, 0.1) is 12.0 Å². The molecule has 0 saturated carbocycles. The lowest BCUT2D eigenvalue weighted by Crippen LogP contribution is -2.20. The van der Waals surface area contributed by atoms with Crippen molar-refractivity contribution in [2.24, 2.45) is 0 Å². The molecule has 9 nitrogen and oxygen atoms in total. The summed E-state index contributed by atoms with van der Waals surface area (Å²) in [4.78, 5) is 19.9. The summed E-state index contributed by atoms with van der Waals surface area (Å²) >= 11 is 0. The Morgan fingerprint density at radius 3 is 2.27 bits per heavy atom. The second kappa shape index (κ2) is 9.86. The zero-order valence-electron chi connectivity index (χ0n) is 18.8. The molecule has 1 aromatic heterocycles. The maximum Gasteiger partial charge on any atom is 0.263 e. The van der Waals surface area contributed by atoms with Crippen molar-refractivity contribution in [3.05, 3.63) is 66.5 Å². The predicted molar refractivity (Wildman–Crippen MR) is 125 cm³/mol. The number of amides is 1. The Morgan fingerprint density at radius 1 is 1.00 bits per heavy atom. The number of benzene rings is 2. The highest BCUT2D eigenvalue weighted by molar-refractivity contribution is 7.92. The highest BCUT2D eigenvalue weighted by Gasteiger charge is 2.16. The second-order valence-electron chi connectivity index (χ2n) is 8.19. The molecule has 1 heterocycles. The summed E-state index contributed by atoms with van der Waals surface area (Å²) in [5, 5.41) is 2.67. The van der Waals surface area contributed by atoms with E-state index in [1.165, 1.54) is 49.3 Å². The van der Waals surface area contributed by atoms with E-state index in [0.717, 1.165) is 0 Å². The van der Waals surface area contributed by atoms with Crippen LogP contribution < -0.4 is 19.5 Å². The van der Waals surface area contributed by atoms with Gasteiger partial charge in [-0.2, -0.15) is 0 Å². The molecule has 0 aliphatic carbocycles. The van der Waals surface area contributed by atoms with Crippen LogP contribution in [0.1, 0.15) is 26.3 Å². The van der Waals surface area contributed by atoms with E-state index in [2.05, 4.69) is 40.8 Å². The number of aromatic nitrogens is 2. The maximum atomic E-state index is 12.6. The van der Waals surface area contributed by atoms with Gasteiger partial charge in [-0.25, -0.2) is 18.4 Å². The molecule has 10 heteroatoms. The zero-order chi connectivity index (χ0) is 24.1. The summed E-state index contributed by atoms with van der Waals surface area (Å²) in [5.41, 5.74) is 1.64. The molecule has 2 N–H and O–H groups in total. The summed E-state index contributed by atoms with van der Waals surface area (Å²) in [6, 6.07) is 14.7. The lowest BCUT2D eigenvalue weighted by Gasteiger charge is -2.19. The van der Waals surface area contributed by atoms with Gasteiger partial charge in [0.2, 0.25) is 5.88 Å². The third-order valence-electron chi connectivity index (χ3n) is 4.63. The van der Waals surface area contributed by atoms with Crippen molar-refractivity contribution in [2.45, 2.75) is 31.1 Å². The van der Waals surface area contributed by atoms with E-state index in [1.807, 2.05) is 24.3 Å². The molecule has 0 fully saturated rings. The molecule has 0 spiro atoms. The first-order chi connectivity index (χ1) is 15.6. The number of sulfonamides is 1. The number of ether oxygens (including phenoxy) is 2. The topological polar surface area (TPSA) is 120 Å². The Kier molecular flexibility index (Phi) is 7.17. The Bertz CT molecular complexity index is 1200. The number of anilines is 2. The molecular formula is C23H26N4O5S. The SMILES string of the molecule is COc1cc(NS(=O)(=O)c2ccc(NC(=O)COc3ccc(C(C)(C)C)cc3)cc2)ncn1. The second-order valence-corrected chi connectivity index (χ2v) is 9.87. The fourth-order valence-corrected chi connectivity index (χ4v) is 3.82. The van der Waals surface area contributed by atoms with E-state index in [0.29, 0.717) is 11.4 Å². The van der Waals surface area contributed by atoms with Crippen molar-refractivity contribution in [2.75, 3.05) is 23.8 Å². The van der Waals surface area contributed by atoms with E-state index in [9.17, 15) is 13.2 Å². The van der Waals surface area contributed by atoms with Crippen molar-refractivity contribution in [3.63, 3.8) is 0 Å². The third kappa shape index (κ3) is 6.66. The first-order valence-corrected chi connectivity index (χ1v) is 11.6. The molecule has 2 aromatic carbocycles. The van der Waals surface area contributed by atoms with Gasteiger partial charge in [0.25, 0.3) is 15.9 Å². The van der Waals surface area contributed by atoms with Gasteiger partial charge in [0.15, 0.2) is 6.61 Å². The van der Waals surface area contributed by atoms with Gasteiger partial charge in [-0.3, -0.25) is 9.52 Å². The summed E-state index contributed by atoms with van der Waals surface area (Å²) < 4.78 is 38.0. The van der Waals surface area contributed by atoms with Gasteiger partial charge in [-0.1, -0.05) is 32.9 Å². The van der Waals surface area contributed by atoms with E-state index in [1.54, 1.807) is 0 Å². The molecule has 0 unspecified atom stereocenters. The predicted octanol–water partition coefficient (Wildman–Crippen LogP) is 3.60. The molecule has 0 radical (unpaired) electrons. The van der Waals surface area contributed by atoms with Crippen LogP contribution in [0.5, 0.6) is 11.6 Å². The van der Waals surface area contributed by atoms with E-state index in [4.69, 9.17) is 9.47 Å². The monoisotopic (exact) mass is 470 g/mol. The van der Waals surface area contributed by atoms with Crippen LogP contribution in [-0.4, -0.2) is 38.0 Å². The smallest absolute Gasteiger partial charge is 0.263 e. The maximum absolute atomic E-state index is 12.6. The minimum Gasteiger partial charge on any atom is -0.484 e. The molecule has 33 heavy (non-hydrogen) atoms. The zero-order valence-corrected chi connectivity index (χ0v) is 19.6. The quantitative estimate of drug-likeness (QED) is 0.516. The Hall–Kier alpha value is -3.66. The molecule has 174 valence electrons. The molecule has 3 aromatic rings. The molecule has 0 aliphatic rings. The number of hydrogen-bond donors (Lipinski definition) is 2. The van der Waals surface area contributed by atoms with Crippen LogP contribution in [0.25, 0.3) is 0 Å². The number of rotatable bonds is 8. The van der Waals surface area contributed by atoms with Gasteiger partial charge in [0.1, 0.15) is 17.9 Å². The van der Waals surface area contributed by atoms with Gasteiger partial charge in [-0.15, -0.1) is 0 Å². The van der Waals surface area contributed by atoms with Crippen LogP contribution in [0.4, 0.5) is 11.5 Å². The molecule has 0 bridgehead atoms. The lowest BCUT2D eigenvalue weighted by atomic mass is 9.87. The average Bonchev–Trinajstić information content (AvgIpc) is 2.77. The van der Waals surface area contributed by atoms with Crippen molar-refractivity contribution in [1.82, 2.24) is 9.97 Å². The first-order valence-electron chi connectivity index (χ1n) is 10.1. The number of carbonyl (C=O) groups excluding carboxylic acids is 1. The highest BCUT2D eigenvalue weighted by atomic mass is 32.2. The fourth-order valence-electron chi connectivity index (χ4n) is 2.82. The van der Waals surface area contributed by atoms with Crippen LogP contribution >= 0.6 is 0 Å². The van der Waals surface area contributed by atoms with Crippen molar-refractivity contribution >= 4 is 27.4 Å². The van der Waals surface area contributed by atoms with E-state index >= 15 is 0 Å². The van der Waals surface area contributed by atoms with Crippen LogP contribution in [-0.2, 0) is 20.2 Å². The van der Waals surface area contributed by atoms with Gasteiger partial charge in [0, 0.05) is 11.8 Å². The molecule has 3 rings (SSSR count). The fraction of sp³-hybridized carbons (Fsp3) is 0.261. The largest absolute Gasteiger partial charge is 0.484 e. The number of nitrogens with one attached hydrogen (secondary N) is 2. The molecular weight excluding hydrogens is 444 g/mol. The lowest BCUT2D eigenvalue weighted by molar-refractivity contribution is -0.118. The Labute approximate surface area is 193 Å². The minimum absolute atomic E-state index is 0.00765. The highest BCUT2D eigenvalue weighted by Crippen LogP contribution is 2.24. The average molecular weight is 471 g/mol. The van der Waals surface area contributed by atoms with E-state index < -0.39 is 10.0 Å². The van der Waals surface area contributed by atoms with E-state index in [-0.39, 0.29) is 34.5 Å². The van der Waals surface area contributed by atoms with Crippen LogP contribution in [0.15, 0.2) is 65.8 Å². The summed E-state index contributed by atoms with van der Waals surface area (Å²) in [5.74, 6) is 0.531. The minimum atomic E-state index is -3.88. The standard InChI is InChI=1S/C23H26N4O5S/c1-23(2,3)16-5-9-18(10-6-16)32-14-21(28)26-17-7-11-19(12-8-17)33(29,30)27-20-13-22(31-4)25-15-24-20/h5-13,15H,14H2,1-4H3,(H,26,28)(H,24,25,27). The number of hydrogen-bond acceptors (Lipinski definition) is 7. The summed E-state index contributed by atoms with van der Waals surface area (Å²) in [7, 11) is -2.46. The molecule has 0 atom stereocenters. The molecule has 0 saturated heterocycles.